The van der Waals surface area contributed by atoms with Gasteiger partial charge in [0.1, 0.15) is 5.82 Å². The number of rotatable bonds is 5. The van der Waals surface area contributed by atoms with Gasteiger partial charge in [-0.2, -0.15) is 0 Å². The monoisotopic (exact) mass is 352 g/mol. The van der Waals surface area contributed by atoms with Gasteiger partial charge < -0.3 is 4.90 Å². The van der Waals surface area contributed by atoms with E-state index in [4.69, 9.17) is 4.98 Å². The fourth-order valence-electron chi connectivity index (χ4n) is 3.56. The predicted octanol–water partition coefficient (Wildman–Crippen LogP) is 3.26. The molecule has 1 fully saturated rings. The molecule has 138 valence electrons. The van der Waals surface area contributed by atoms with Crippen LogP contribution in [0.25, 0.3) is 0 Å². The molecule has 1 atom stereocenters. The maximum absolute atomic E-state index is 12.2. The summed E-state index contributed by atoms with van der Waals surface area (Å²) in [5.41, 5.74) is 2.72. The van der Waals surface area contributed by atoms with Crippen molar-refractivity contribution in [3.8, 4) is 0 Å². The first kappa shape index (κ1) is 18.5. The van der Waals surface area contributed by atoms with E-state index in [-0.39, 0.29) is 11.9 Å². The Kier molecular flexibility index (Phi) is 5.99. The lowest BCUT2D eigenvalue weighted by Gasteiger charge is -2.34. The molecule has 1 aromatic heterocycles. The highest BCUT2D eigenvalue weighted by Crippen LogP contribution is 2.29. The second-order valence-electron chi connectivity index (χ2n) is 7.21. The van der Waals surface area contributed by atoms with E-state index in [2.05, 4.69) is 40.2 Å². The molecule has 5 nitrogen and oxygen atoms in total. The molecule has 1 aliphatic rings. The van der Waals surface area contributed by atoms with Gasteiger partial charge in [-0.25, -0.2) is 9.97 Å². The van der Waals surface area contributed by atoms with E-state index in [0.29, 0.717) is 5.56 Å². The Morgan fingerprint density at radius 2 is 2.00 bits per heavy atom. The van der Waals surface area contributed by atoms with Gasteiger partial charge in [-0.1, -0.05) is 36.8 Å². The van der Waals surface area contributed by atoms with Crippen LogP contribution in [0.2, 0.25) is 0 Å². The lowest BCUT2D eigenvalue weighted by atomic mass is 10.00. The fraction of sp³-hybridized carbons (Fsp3) is 0.476. The number of piperidine rings is 1. The highest BCUT2D eigenvalue weighted by Gasteiger charge is 2.27. The molecule has 1 aliphatic heterocycles. The Hall–Kier alpha value is -2.27. The van der Waals surface area contributed by atoms with Crippen molar-refractivity contribution in [3.63, 3.8) is 0 Å². The van der Waals surface area contributed by atoms with Crippen molar-refractivity contribution in [2.45, 2.75) is 38.6 Å². The Balaban J connectivity index is 1.75. The summed E-state index contributed by atoms with van der Waals surface area (Å²) in [6.07, 6.45) is 6.24. The van der Waals surface area contributed by atoms with E-state index in [9.17, 15) is 4.79 Å². The lowest BCUT2D eigenvalue weighted by Crippen LogP contribution is -2.36. The standard InChI is InChI=1S/C21H28N4O/c1-16-18(21(26)24(2)3)15-22-20(23-16)19-11-7-8-13-25(19)14-12-17-9-5-4-6-10-17/h4-6,9-10,15,19H,7-8,11-14H2,1-3H3. The predicted molar refractivity (Wildman–Crippen MR) is 103 cm³/mol. The van der Waals surface area contributed by atoms with Gasteiger partial charge in [-0.05, 0) is 38.3 Å². The van der Waals surface area contributed by atoms with Crippen LogP contribution in [0.3, 0.4) is 0 Å². The minimum Gasteiger partial charge on any atom is -0.345 e. The Bertz CT molecular complexity index is 745. The van der Waals surface area contributed by atoms with Gasteiger partial charge in [0.25, 0.3) is 5.91 Å². The van der Waals surface area contributed by atoms with Crippen LogP contribution in [0, 0.1) is 6.92 Å². The number of aryl methyl sites for hydroxylation is 1. The van der Waals surface area contributed by atoms with Crippen molar-refractivity contribution in [2.75, 3.05) is 27.2 Å². The Labute approximate surface area is 156 Å². The van der Waals surface area contributed by atoms with Crippen molar-refractivity contribution in [1.29, 1.82) is 0 Å². The zero-order chi connectivity index (χ0) is 18.5. The SMILES string of the molecule is Cc1nc(C2CCCCN2CCc2ccccc2)ncc1C(=O)N(C)C. The average Bonchev–Trinajstić information content (AvgIpc) is 2.66. The lowest BCUT2D eigenvalue weighted by molar-refractivity contribution is 0.0825. The molecule has 5 heteroatoms. The van der Waals surface area contributed by atoms with E-state index in [1.807, 2.05) is 6.92 Å². The molecule has 1 amide bonds. The third-order valence-corrected chi connectivity index (χ3v) is 5.08. The van der Waals surface area contributed by atoms with Gasteiger partial charge in [-0.15, -0.1) is 0 Å². The number of hydrogen-bond acceptors (Lipinski definition) is 4. The third kappa shape index (κ3) is 4.28. The largest absolute Gasteiger partial charge is 0.345 e. The summed E-state index contributed by atoms with van der Waals surface area (Å²) < 4.78 is 0. The maximum atomic E-state index is 12.2. The first-order valence-electron chi connectivity index (χ1n) is 9.39. The highest BCUT2D eigenvalue weighted by molar-refractivity contribution is 5.94. The molecule has 0 aliphatic carbocycles. The first-order chi connectivity index (χ1) is 12.6. The summed E-state index contributed by atoms with van der Waals surface area (Å²) in [4.78, 5) is 25.6. The van der Waals surface area contributed by atoms with Crippen LogP contribution in [-0.4, -0.2) is 52.9 Å². The van der Waals surface area contributed by atoms with Crippen LogP contribution >= 0.6 is 0 Å². The van der Waals surface area contributed by atoms with Crippen LogP contribution in [0.5, 0.6) is 0 Å². The van der Waals surface area contributed by atoms with Gasteiger partial charge in [0.05, 0.1) is 17.3 Å². The number of carbonyl (C=O) groups excluding carboxylic acids is 1. The minimum atomic E-state index is -0.0429. The number of hydrogen-bond donors (Lipinski definition) is 0. The van der Waals surface area contributed by atoms with Gasteiger partial charge in [-0.3, -0.25) is 9.69 Å². The van der Waals surface area contributed by atoms with Crippen LogP contribution < -0.4 is 0 Å². The van der Waals surface area contributed by atoms with Crippen molar-refractivity contribution in [1.82, 2.24) is 19.8 Å². The molecule has 0 bridgehead atoms. The summed E-state index contributed by atoms with van der Waals surface area (Å²) in [5, 5.41) is 0. The third-order valence-electron chi connectivity index (χ3n) is 5.08. The topological polar surface area (TPSA) is 49.3 Å². The molecular weight excluding hydrogens is 324 g/mol. The molecule has 0 N–H and O–H groups in total. The van der Waals surface area contributed by atoms with Crippen LogP contribution in [0.15, 0.2) is 36.5 Å². The van der Waals surface area contributed by atoms with Crippen LogP contribution in [-0.2, 0) is 6.42 Å². The number of nitrogens with zero attached hydrogens (tertiary/aromatic N) is 4. The molecule has 1 unspecified atom stereocenters. The number of likely N-dealkylation sites (tertiary alicyclic amines) is 1. The molecule has 0 saturated carbocycles. The summed E-state index contributed by atoms with van der Waals surface area (Å²) in [5.74, 6) is 0.809. The molecular formula is C21H28N4O. The molecule has 2 heterocycles. The van der Waals surface area contributed by atoms with Gasteiger partial charge in [0, 0.05) is 26.8 Å². The van der Waals surface area contributed by atoms with Gasteiger partial charge in [0.15, 0.2) is 0 Å². The maximum Gasteiger partial charge on any atom is 0.256 e. The van der Waals surface area contributed by atoms with E-state index < -0.39 is 0 Å². The first-order valence-corrected chi connectivity index (χ1v) is 9.39. The second-order valence-corrected chi connectivity index (χ2v) is 7.21. The number of aromatic nitrogens is 2. The molecule has 1 saturated heterocycles. The smallest absolute Gasteiger partial charge is 0.256 e. The quantitative estimate of drug-likeness (QED) is 0.829. The summed E-state index contributed by atoms with van der Waals surface area (Å²) in [6, 6.07) is 10.9. The summed E-state index contributed by atoms with van der Waals surface area (Å²) in [6.45, 7) is 3.99. The zero-order valence-corrected chi connectivity index (χ0v) is 16.0. The Morgan fingerprint density at radius 3 is 2.69 bits per heavy atom. The molecule has 3 rings (SSSR count). The normalized spacial score (nSPS) is 17.9. The fourth-order valence-corrected chi connectivity index (χ4v) is 3.56. The van der Waals surface area contributed by atoms with Crippen LogP contribution in [0.1, 0.15) is 52.7 Å². The van der Waals surface area contributed by atoms with E-state index in [1.54, 1.807) is 25.2 Å². The average molecular weight is 352 g/mol. The Morgan fingerprint density at radius 1 is 1.23 bits per heavy atom. The zero-order valence-electron chi connectivity index (χ0n) is 16.0. The van der Waals surface area contributed by atoms with Crippen molar-refractivity contribution in [2.24, 2.45) is 0 Å². The molecule has 0 radical (unpaired) electrons. The molecule has 26 heavy (non-hydrogen) atoms. The molecule has 2 aromatic rings. The number of carbonyl (C=O) groups is 1. The molecule has 1 aromatic carbocycles. The van der Waals surface area contributed by atoms with Gasteiger partial charge in [0.2, 0.25) is 0 Å². The summed E-state index contributed by atoms with van der Waals surface area (Å²) >= 11 is 0. The van der Waals surface area contributed by atoms with Crippen molar-refractivity contribution < 1.29 is 4.79 Å². The number of benzene rings is 1. The highest BCUT2D eigenvalue weighted by atomic mass is 16.2. The van der Waals surface area contributed by atoms with Crippen molar-refractivity contribution >= 4 is 5.91 Å². The van der Waals surface area contributed by atoms with E-state index in [0.717, 1.165) is 37.4 Å². The molecule has 0 spiro atoms. The number of amides is 1. The van der Waals surface area contributed by atoms with E-state index in [1.165, 1.54) is 18.4 Å². The minimum absolute atomic E-state index is 0.0429. The summed E-state index contributed by atoms with van der Waals surface area (Å²) in [7, 11) is 3.50. The van der Waals surface area contributed by atoms with E-state index >= 15 is 0 Å². The van der Waals surface area contributed by atoms with Gasteiger partial charge >= 0.3 is 0 Å². The van der Waals surface area contributed by atoms with Crippen LogP contribution in [0.4, 0.5) is 0 Å². The van der Waals surface area contributed by atoms with Crippen molar-refractivity contribution in [3.05, 3.63) is 59.2 Å². The second kappa shape index (κ2) is 8.41.